The molecule has 0 aliphatic heterocycles. The second kappa shape index (κ2) is 14.9. The molecule has 0 saturated carbocycles. The summed E-state index contributed by atoms with van der Waals surface area (Å²) in [4.78, 5) is 0. The average Bonchev–Trinajstić information content (AvgIpc) is 2.86. The van der Waals surface area contributed by atoms with Crippen LogP contribution in [0.15, 0.2) is 35.5 Å². The SMILES string of the molecule is CC1=C(C)C[C-]=C1.[C-]1=CC=CC1.[CH3-].[CH3-].[SiH2]=[Ti]. The van der Waals surface area contributed by atoms with Crippen LogP contribution in [0.5, 0.6) is 0 Å². The van der Waals surface area contributed by atoms with Gasteiger partial charge in [-0.25, -0.2) is 23.8 Å². The molecular weight excluding hydrogens is 244 g/mol. The second-order valence-electron chi connectivity index (χ2n) is 2.99. The van der Waals surface area contributed by atoms with Crippen LogP contribution in [0, 0.1) is 27.0 Å². The Kier molecular flexibility index (Phi) is 19.7. The average molecular weight is 266 g/mol. The molecular formula is C14H22SiTi-4. The summed E-state index contributed by atoms with van der Waals surface area (Å²) in [5.74, 6) is 0. The summed E-state index contributed by atoms with van der Waals surface area (Å²) >= 11 is 2.03. The van der Waals surface area contributed by atoms with Gasteiger partial charge in [-0.1, -0.05) is 6.92 Å². The van der Waals surface area contributed by atoms with E-state index in [1.54, 1.807) is 0 Å². The topological polar surface area (TPSA) is 0 Å². The van der Waals surface area contributed by atoms with E-state index in [1.165, 1.54) is 11.1 Å². The van der Waals surface area contributed by atoms with Crippen molar-refractivity contribution < 1.29 is 19.2 Å². The Balaban J connectivity index is -0.000000169. The van der Waals surface area contributed by atoms with Gasteiger partial charge in [0.1, 0.15) is 0 Å². The van der Waals surface area contributed by atoms with E-state index in [4.69, 9.17) is 0 Å². The molecule has 0 aromatic carbocycles. The molecule has 0 aromatic heterocycles. The van der Waals surface area contributed by atoms with Crippen LogP contribution >= 0.6 is 0 Å². The predicted molar refractivity (Wildman–Crippen MR) is 73.7 cm³/mol. The van der Waals surface area contributed by atoms with E-state index < -0.39 is 0 Å². The van der Waals surface area contributed by atoms with Gasteiger partial charge in [0.15, 0.2) is 0 Å². The third-order valence-electron chi connectivity index (χ3n) is 1.94. The number of hydrogen-bond donors (Lipinski definition) is 0. The Morgan fingerprint density at radius 1 is 1.19 bits per heavy atom. The number of allylic oxidation sites excluding steroid dienone is 8. The van der Waals surface area contributed by atoms with Crippen molar-refractivity contribution in [1.82, 2.24) is 0 Å². The van der Waals surface area contributed by atoms with Crippen LogP contribution in [0.3, 0.4) is 0 Å². The molecule has 0 amide bonds. The third kappa shape index (κ3) is 10.4. The fraction of sp³-hybridized carbons (Fsp3) is 0.286. The van der Waals surface area contributed by atoms with Gasteiger partial charge >= 0.3 is 26.8 Å². The third-order valence-corrected chi connectivity index (χ3v) is 1.94. The molecule has 2 aliphatic carbocycles. The maximum absolute atomic E-state index is 3.12. The van der Waals surface area contributed by atoms with Crippen molar-refractivity contribution in [2.45, 2.75) is 26.7 Å². The first-order valence-electron chi connectivity index (χ1n) is 4.61. The van der Waals surface area contributed by atoms with Crippen molar-refractivity contribution in [2.75, 3.05) is 0 Å². The molecule has 0 aromatic rings. The molecule has 0 fully saturated rings. The van der Waals surface area contributed by atoms with Crippen molar-refractivity contribution in [3.63, 3.8) is 0 Å². The summed E-state index contributed by atoms with van der Waals surface area (Å²) in [6, 6.07) is 0. The van der Waals surface area contributed by atoms with Gasteiger partial charge < -0.3 is 14.9 Å². The van der Waals surface area contributed by atoms with E-state index in [9.17, 15) is 0 Å². The van der Waals surface area contributed by atoms with Crippen molar-refractivity contribution in [3.05, 3.63) is 62.5 Å². The summed E-state index contributed by atoms with van der Waals surface area (Å²) in [6.07, 6.45) is 16.2. The van der Waals surface area contributed by atoms with Crippen molar-refractivity contribution in [1.29, 1.82) is 0 Å². The molecule has 0 atom stereocenters. The molecule has 16 heavy (non-hydrogen) atoms. The summed E-state index contributed by atoms with van der Waals surface area (Å²) in [7, 11) is 1.86. The van der Waals surface area contributed by atoms with Gasteiger partial charge in [-0.05, 0) is 0 Å². The Morgan fingerprint density at radius 2 is 1.81 bits per heavy atom. The van der Waals surface area contributed by atoms with Crippen LogP contribution < -0.4 is 0 Å². The fourth-order valence-corrected chi connectivity index (χ4v) is 0.960. The molecule has 2 heteroatoms. The zero-order chi connectivity index (χ0) is 10.8. The van der Waals surface area contributed by atoms with Crippen LogP contribution in [-0.4, -0.2) is 7.63 Å². The minimum absolute atomic E-state index is 0. The van der Waals surface area contributed by atoms with E-state index in [1.807, 2.05) is 39.0 Å². The van der Waals surface area contributed by atoms with Crippen molar-refractivity contribution >= 4 is 7.63 Å². The van der Waals surface area contributed by atoms with E-state index in [2.05, 4.69) is 38.2 Å². The fourth-order valence-electron chi connectivity index (χ4n) is 0.960. The summed E-state index contributed by atoms with van der Waals surface area (Å²) in [5, 5.41) is 0. The van der Waals surface area contributed by atoms with E-state index in [-0.39, 0.29) is 14.9 Å². The molecule has 0 N–H and O–H groups in total. The van der Waals surface area contributed by atoms with Crippen molar-refractivity contribution in [2.24, 2.45) is 0 Å². The molecule has 0 radical (unpaired) electrons. The molecule has 0 saturated heterocycles. The summed E-state index contributed by atoms with van der Waals surface area (Å²) in [5.41, 5.74) is 2.85. The van der Waals surface area contributed by atoms with Gasteiger partial charge in [0, 0.05) is 0 Å². The predicted octanol–water partition coefficient (Wildman–Crippen LogP) is 3.37. The molecule has 0 unspecified atom stereocenters. The number of hydrogen-bond acceptors (Lipinski definition) is 0. The molecule has 0 bridgehead atoms. The Hall–Kier alpha value is -0.109. The molecule has 2 rings (SSSR count). The second-order valence-corrected chi connectivity index (χ2v) is 2.99. The van der Waals surface area contributed by atoms with Crippen LogP contribution in [0.4, 0.5) is 0 Å². The molecule has 0 spiro atoms. The van der Waals surface area contributed by atoms with Crippen LogP contribution in [0.2, 0.25) is 0 Å². The van der Waals surface area contributed by atoms with Crippen LogP contribution in [0.25, 0.3) is 0 Å². The van der Waals surface area contributed by atoms with Crippen molar-refractivity contribution in [3.8, 4) is 0 Å². The van der Waals surface area contributed by atoms with E-state index in [0.29, 0.717) is 0 Å². The van der Waals surface area contributed by atoms with Gasteiger partial charge in [0.05, 0.1) is 0 Å². The molecule has 0 nitrogen and oxygen atoms in total. The molecule has 90 valence electrons. The summed E-state index contributed by atoms with van der Waals surface area (Å²) < 4.78 is 0. The molecule has 2 aliphatic rings. The van der Waals surface area contributed by atoms with Crippen LogP contribution in [0.1, 0.15) is 26.7 Å². The molecule has 0 heterocycles. The first kappa shape index (κ1) is 21.2. The van der Waals surface area contributed by atoms with Gasteiger partial charge in [-0.2, -0.15) is 11.6 Å². The van der Waals surface area contributed by atoms with E-state index >= 15 is 0 Å². The Morgan fingerprint density at radius 3 is 1.94 bits per heavy atom. The monoisotopic (exact) mass is 266 g/mol. The number of rotatable bonds is 0. The van der Waals surface area contributed by atoms with Gasteiger partial charge in [-0.15, -0.1) is 19.8 Å². The van der Waals surface area contributed by atoms with Gasteiger partial charge in [-0.3, -0.25) is 12.2 Å². The Labute approximate surface area is 116 Å². The van der Waals surface area contributed by atoms with Gasteiger partial charge in [0.2, 0.25) is 0 Å². The van der Waals surface area contributed by atoms with Gasteiger partial charge in [0.25, 0.3) is 0 Å². The zero-order valence-corrected chi connectivity index (χ0v) is 13.9. The van der Waals surface area contributed by atoms with E-state index in [0.717, 1.165) is 12.8 Å². The first-order chi connectivity index (χ1) is 6.80. The minimum atomic E-state index is 0. The summed E-state index contributed by atoms with van der Waals surface area (Å²) in [6.45, 7) is 4.27. The standard InChI is InChI=1S/C7H9.C5H5.2CH3.H2Si.Ti/c1-6-4-3-5-7(6)2;1-2-4-5-3-1;;;;/h4H,5H2,1-2H3;1-3H,4H2;2*1H3;1H2;/q4*-1;;. The first-order valence-corrected chi connectivity index (χ1v) is 8.62. The maximum atomic E-state index is 3.12. The quantitative estimate of drug-likeness (QED) is 0.466. The Bertz CT molecular complexity index is 262. The zero-order valence-electron chi connectivity index (χ0n) is 10.9. The normalized spacial score (nSPS) is 14.1. The van der Waals surface area contributed by atoms with Crippen LogP contribution in [-0.2, 0) is 19.2 Å².